The first-order chi connectivity index (χ1) is 19.9. The average molecular weight is 590 g/mol. The van der Waals surface area contributed by atoms with Gasteiger partial charge in [-0.1, -0.05) is 0 Å². The van der Waals surface area contributed by atoms with Crippen LogP contribution in [0.5, 0.6) is 0 Å². The molecule has 2 fully saturated rings. The fraction of sp³-hybridized carbons (Fsp3) is 0.429. The molecule has 1 aromatic carbocycles. The maximum atomic E-state index is 15.7. The quantitative estimate of drug-likeness (QED) is 0.435. The summed E-state index contributed by atoms with van der Waals surface area (Å²) < 4.78 is 62.3. The van der Waals surface area contributed by atoms with Gasteiger partial charge in [-0.15, -0.1) is 0 Å². The van der Waals surface area contributed by atoms with Gasteiger partial charge in [-0.25, -0.2) is 14.4 Å². The van der Waals surface area contributed by atoms with Crippen molar-refractivity contribution in [1.82, 2.24) is 19.9 Å². The first kappa shape index (κ1) is 29.5. The molecule has 10 nitrogen and oxygen atoms in total. The summed E-state index contributed by atoms with van der Waals surface area (Å²) in [5.74, 6) is -1.25. The highest BCUT2D eigenvalue weighted by Gasteiger charge is 2.36. The second kappa shape index (κ2) is 11.7. The van der Waals surface area contributed by atoms with Crippen LogP contribution in [0.1, 0.15) is 29.8 Å². The second-order valence-corrected chi connectivity index (χ2v) is 10.6. The number of H-pyrrole nitrogens is 1. The van der Waals surface area contributed by atoms with Crippen molar-refractivity contribution >= 4 is 23.2 Å². The summed E-state index contributed by atoms with van der Waals surface area (Å²) in [5, 5.41) is 2.54. The van der Waals surface area contributed by atoms with E-state index >= 15 is 4.39 Å². The van der Waals surface area contributed by atoms with Gasteiger partial charge in [0, 0.05) is 74.5 Å². The minimum Gasteiger partial charge on any atom is -0.375 e. The highest BCUT2D eigenvalue weighted by molar-refractivity contribution is 6.07. The standard InChI is InChI=1S/C28H31F4N7O3/c1-16-14-38(5-4-37(16)3)24-10-22(29)19(18-11-34-27(35-12-18)39-6-7-42-17(2)15-39)8-23(24)36-26(41)20-13-33-25(40)9-21(20)28(30,31)32/h8-13,16-17H,4-7,14-15H2,1-3H3,(H,33,40)(H,36,41)/t16-,17+/m0/s1. The van der Waals surface area contributed by atoms with Gasteiger partial charge in [-0.3, -0.25) is 9.59 Å². The molecule has 5 rings (SSSR count). The number of morpholine rings is 1. The number of anilines is 3. The molecule has 2 aliphatic heterocycles. The molecule has 2 aliphatic rings. The molecule has 2 N–H and O–H groups in total. The fourth-order valence-electron chi connectivity index (χ4n) is 5.12. The molecular formula is C28H31F4N7O3. The van der Waals surface area contributed by atoms with Gasteiger partial charge in [0.25, 0.3) is 5.91 Å². The zero-order valence-corrected chi connectivity index (χ0v) is 23.3. The first-order valence-electron chi connectivity index (χ1n) is 13.5. The number of aromatic nitrogens is 3. The molecule has 3 aromatic rings. The third-order valence-electron chi connectivity index (χ3n) is 7.58. The van der Waals surface area contributed by atoms with Crippen LogP contribution in [0.25, 0.3) is 11.1 Å². The summed E-state index contributed by atoms with van der Waals surface area (Å²) in [6.45, 7) is 7.35. The van der Waals surface area contributed by atoms with E-state index in [1.165, 1.54) is 24.5 Å². The predicted molar refractivity (Wildman–Crippen MR) is 149 cm³/mol. The molecule has 0 saturated carbocycles. The van der Waals surface area contributed by atoms with Gasteiger partial charge in [0.2, 0.25) is 11.5 Å². The molecule has 0 radical (unpaired) electrons. The van der Waals surface area contributed by atoms with Crippen LogP contribution in [0, 0.1) is 5.82 Å². The zero-order valence-electron chi connectivity index (χ0n) is 23.3. The number of nitrogens with zero attached hydrogens (tertiary/aromatic N) is 5. The Hall–Kier alpha value is -4.04. The molecule has 0 bridgehead atoms. The Balaban J connectivity index is 1.52. The molecule has 2 aromatic heterocycles. The van der Waals surface area contributed by atoms with E-state index in [9.17, 15) is 22.8 Å². The summed E-state index contributed by atoms with van der Waals surface area (Å²) in [6, 6.07) is 3.07. The van der Waals surface area contributed by atoms with Crippen LogP contribution in [0.4, 0.5) is 34.9 Å². The Bertz CT molecular complexity index is 1510. The lowest BCUT2D eigenvalue weighted by molar-refractivity contribution is -0.138. The molecule has 14 heteroatoms. The number of likely N-dealkylation sites (N-methyl/N-ethyl adjacent to an activating group) is 1. The van der Waals surface area contributed by atoms with Gasteiger partial charge < -0.3 is 29.7 Å². The molecule has 1 amide bonds. The molecule has 224 valence electrons. The monoisotopic (exact) mass is 589 g/mol. The van der Waals surface area contributed by atoms with Gasteiger partial charge in [-0.05, 0) is 33.0 Å². The minimum atomic E-state index is -4.94. The van der Waals surface area contributed by atoms with E-state index in [-0.39, 0.29) is 23.4 Å². The predicted octanol–water partition coefficient (Wildman–Crippen LogP) is 3.61. The first-order valence-corrected chi connectivity index (χ1v) is 13.5. The number of hydrogen-bond donors (Lipinski definition) is 2. The molecule has 0 aliphatic carbocycles. The zero-order chi connectivity index (χ0) is 30.2. The number of amides is 1. The lowest BCUT2D eigenvalue weighted by atomic mass is 10.0. The van der Waals surface area contributed by atoms with Gasteiger partial charge in [-0.2, -0.15) is 13.2 Å². The highest BCUT2D eigenvalue weighted by Crippen LogP contribution is 2.36. The van der Waals surface area contributed by atoms with Crippen molar-refractivity contribution in [1.29, 1.82) is 0 Å². The average Bonchev–Trinajstić information content (AvgIpc) is 2.95. The van der Waals surface area contributed by atoms with Crippen molar-refractivity contribution in [3.8, 4) is 11.1 Å². The van der Waals surface area contributed by atoms with Crippen molar-refractivity contribution in [2.45, 2.75) is 32.2 Å². The van der Waals surface area contributed by atoms with Gasteiger partial charge in [0.15, 0.2) is 0 Å². The summed E-state index contributed by atoms with van der Waals surface area (Å²) in [6.07, 6.45) is -1.28. The smallest absolute Gasteiger partial charge is 0.375 e. The van der Waals surface area contributed by atoms with Gasteiger partial charge in [0.05, 0.1) is 35.2 Å². The Morgan fingerprint density at radius 2 is 1.81 bits per heavy atom. The van der Waals surface area contributed by atoms with E-state index in [1.54, 1.807) is 0 Å². The number of pyridine rings is 1. The number of piperazine rings is 1. The van der Waals surface area contributed by atoms with Crippen molar-refractivity contribution in [3.63, 3.8) is 0 Å². The Kier molecular flexibility index (Phi) is 8.19. The van der Waals surface area contributed by atoms with Crippen LogP contribution in [-0.2, 0) is 10.9 Å². The van der Waals surface area contributed by atoms with Crippen LogP contribution in [-0.4, -0.2) is 84.3 Å². The third-order valence-corrected chi connectivity index (χ3v) is 7.58. The molecule has 4 heterocycles. The van der Waals surface area contributed by atoms with Crippen LogP contribution < -0.4 is 20.7 Å². The SMILES string of the molecule is C[C@@H]1CN(c2ncc(-c3cc(NC(=O)c4c[nH]c(=O)cc4C(F)(F)F)c(N4CCN(C)[C@@H](C)C4)cc3F)cn2)CCO1. The molecule has 2 atom stereocenters. The number of halogens is 4. The summed E-state index contributed by atoms with van der Waals surface area (Å²) in [7, 11) is 1.96. The maximum Gasteiger partial charge on any atom is 0.417 e. The number of nitrogens with one attached hydrogen (secondary N) is 2. The van der Waals surface area contributed by atoms with E-state index < -0.39 is 34.6 Å². The molecule has 2 saturated heterocycles. The number of carbonyl (C=O) groups excluding carboxylic acids is 1. The lowest BCUT2D eigenvalue weighted by Gasteiger charge is -2.39. The minimum absolute atomic E-state index is 0.00999. The molecule has 42 heavy (non-hydrogen) atoms. The normalized spacial score (nSPS) is 20.1. The number of aromatic amines is 1. The van der Waals surface area contributed by atoms with Crippen molar-refractivity contribution in [2.24, 2.45) is 0 Å². The lowest BCUT2D eigenvalue weighted by Crippen LogP contribution is -2.50. The van der Waals surface area contributed by atoms with Crippen LogP contribution >= 0.6 is 0 Å². The van der Waals surface area contributed by atoms with Crippen LogP contribution in [0.3, 0.4) is 0 Å². The van der Waals surface area contributed by atoms with E-state index in [2.05, 4.69) is 25.2 Å². The van der Waals surface area contributed by atoms with Crippen LogP contribution in [0.2, 0.25) is 0 Å². The van der Waals surface area contributed by atoms with E-state index in [4.69, 9.17) is 4.74 Å². The largest absolute Gasteiger partial charge is 0.417 e. The van der Waals surface area contributed by atoms with Gasteiger partial charge >= 0.3 is 6.18 Å². The number of benzene rings is 1. The number of carbonyl (C=O) groups is 1. The van der Waals surface area contributed by atoms with E-state index in [0.29, 0.717) is 62.6 Å². The third kappa shape index (κ3) is 6.23. The van der Waals surface area contributed by atoms with Crippen molar-refractivity contribution in [3.05, 3.63) is 64.1 Å². The summed E-state index contributed by atoms with van der Waals surface area (Å²) >= 11 is 0. The number of ether oxygens (including phenoxy) is 1. The molecule has 0 spiro atoms. The molecule has 0 unspecified atom stereocenters. The molecular weight excluding hydrogens is 558 g/mol. The van der Waals surface area contributed by atoms with E-state index in [0.717, 1.165) is 6.20 Å². The Morgan fingerprint density at radius 3 is 2.48 bits per heavy atom. The fourth-order valence-corrected chi connectivity index (χ4v) is 5.12. The Morgan fingerprint density at radius 1 is 1.07 bits per heavy atom. The van der Waals surface area contributed by atoms with Crippen LogP contribution in [0.15, 0.2) is 41.6 Å². The maximum absolute atomic E-state index is 15.7. The number of hydrogen-bond acceptors (Lipinski definition) is 8. The van der Waals surface area contributed by atoms with E-state index in [1.807, 2.05) is 30.7 Å². The van der Waals surface area contributed by atoms with Gasteiger partial charge in [0.1, 0.15) is 5.82 Å². The summed E-state index contributed by atoms with van der Waals surface area (Å²) in [4.78, 5) is 41.7. The van der Waals surface area contributed by atoms with Crippen molar-refractivity contribution in [2.75, 3.05) is 61.5 Å². The topological polar surface area (TPSA) is 107 Å². The number of rotatable bonds is 5. The highest BCUT2D eigenvalue weighted by atomic mass is 19.4. The van der Waals surface area contributed by atoms with Crippen molar-refractivity contribution < 1.29 is 27.1 Å². The Labute approximate surface area is 239 Å². The second-order valence-electron chi connectivity index (χ2n) is 10.6. The number of alkyl halides is 3. The summed E-state index contributed by atoms with van der Waals surface area (Å²) in [5.41, 5.74) is -2.31.